The molecule has 0 saturated heterocycles. The second kappa shape index (κ2) is 7.92. The number of halogens is 1. The molecule has 2 N–H and O–H groups in total. The van der Waals surface area contributed by atoms with Crippen LogP contribution in [0.15, 0.2) is 47.4 Å². The van der Waals surface area contributed by atoms with Gasteiger partial charge in [-0.05, 0) is 49.0 Å². The summed E-state index contributed by atoms with van der Waals surface area (Å²) in [5.41, 5.74) is 0.816. The van der Waals surface area contributed by atoms with E-state index in [4.69, 9.17) is 12.2 Å². The molecule has 0 saturated carbocycles. The van der Waals surface area contributed by atoms with Crippen molar-refractivity contribution in [3.63, 3.8) is 0 Å². The van der Waals surface area contributed by atoms with E-state index in [1.165, 1.54) is 22.8 Å². The van der Waals surface area contributed by atoms with Crippen LogP contribution in [0, 0.1) is 10.6 Å². The summed E-state index contributed by atoms with van der Waals surface area (Å²) < 4.78 is 17.0. The number of nitrogens with zero attached hydrogens (tertiary/aromatic N) is 4. The number of pyridine rings is 1. The van der Waals surface area contributed by atoms with Gasteiger partial charge < -0.3 is 5.32 Å². The monoisotopic (exact) mass is 412 g/mol. The first kappa shape index (κ1) is 18.9. The lowest BCUT2D eigenvalue weighted by Gasteiger charge is -2.11. The van der Waals surface area contributed by atoms with Crippen LogP contribution in [0.5, 0.6) is 0 Å². The van der Waals surface area contributed by atoms with Crippen LogP contribution in [0.1, 0.15) is 12.1 Å². The molecular weight excluding hydrogens is 395 g/mol. The number of H-pyrrole nitrogens is 1. The van der Waals surface area contributed by atoms with Crippen LogP contribution in [-0.2, 0) is 17.8 Å². The molecule has 4 aromatic rings. The number of benzene rings is 1. The van der Waals surface area contributed by atoms with Gasteiger partial charge in [-0.25, -0.2) is 9.49 Å². The minimum absolute atomic E-state index is 0.149. The van der Waals surface area contributed by atoms with E-state index in [1.807, 2.05) is 6.07 Å². The molecule has 3 aromatic heterocycles. The van der Waals surface area contributed by atoms with Gasteiger partial charge in [-0.1, -0.05) is 6.07 Å². The molecule has 1 aromatic carbocycles. The summed E-state index contributed by atoms with van der Waals surface area (Å²) in [6, 6.07) is 9.37. The van der Waals surface area contributed by atoms with Crippen LogP contribution in [-0.4, -0.2) is 36.6 Å². The summed E-state index contributed by atoms with van der Waals surface area (Å²) in [5, 5.41) is 9.84. The lowest BCUT2D eigenvalue weighted by Crippen LogP contribution is -2.29. The molecule has 0 unspecified atom stereocenters. The third-order valence-electron chi connectivity index (χ3n) is 4.52. The van der Waals surface area contributed by atoms with Crippen molar-refractivity contribution < 1.29 is 9.18 Å². The van der Waals surface area contributed by atoms with Gasteiger partial charge in [0.15, 0.2) is 0 Å². The van der Waals surface area contributed by atoms with Crippen molar-refractivity contribution in [1.82, 2.24) is 29.5 Å². The van der Waals surface area contributed by atoms with E-state index in [1.54, 1.807) is 22.7 Å². The van der Waals surface area contributed by atoms with Gasteiger partial charge in [0.2, 0.25) is 16.5 Å². The third kappa shape index (κ3) is 3.79. The number of amides is 1. The van der Waals surface area contributed by atoms with Crippen molar-refractivity contribution in [1.29, 1.82) is 0 Å². The summed E-state index contributed by atoms with van der Waals surface area (Å²) in [4.78, 5) is 29.0. The largest absolute Gasteiger partial charge is 0.356 e. The molecule has 0 radical (unpaired) electrons. The van der Waals surface area contributed by atoms with Crippen molar-refractivity contribution >= 4 is 34.8 Å². The highest BCUT2D eigenvalue weighted by molar-refractivity contribution is 7.71. The average Bonchev–Trinajstić information content (AvgIpc) is 3.09. The fourth-order valence-electron chi connectivity index (χ4n) is 3.19. The summed E-state index contributed by atoms with van der Waals surface area (Å²) in [5.74, 6) is -0.306. The van der Waals surface area contributed by atoms with E-state index in [0.29, 0.717) is 34.7 Å². The average molecular weight is 412 g/mol. The number of hydrogen-bond acceptors (Lipinski definition) is 5. The van der Waals surface area contributed by atoms with Crippen LogP contribution in [0.2, 0.25) is 0 Å². The predicted octanol–water partition coefficient (Wildman–Crippen LogP) is 1.99. The fourth-order valence-corrected chi connectivity index (χ4v) is 3.42. The first-order valence-electron chi connectivity index (χ1n) is 9.00. The Morgan fingerprint density at radius 3 is 2.93 bits per heavy atom. The van der Waals surface area contributed by atoms with E-state index in [2.05, 4.69) is 20.5 Å². The summed E-state index contributed by atoms with van der Waals surface area (Å²) in [6.45, 7) is 0.662. The predicted molar refractivity (Wildman–Crippen MR) is 108 cm³/mol. The normalized spacial score (nSPS) is 11.2. The van der Waals surface area contributed by atoms with Crippen molar-refractivity contribution in [3.05, 3.63) is 69.2 Å². The molecule has 0 fully saturated rings. The van der Waals surface area contributed by atoms with Crippen LogP contribution < -0.4 is 10.9 Å². The molecule has 0 bridgehead atoms. The maximum absolute atomic E-state index is 13.7. The number of fused-ring (bicyclic) bond motifs is 3. The lowest BCUT2D eigenvalue weighted by molar-refractivity contribution is -0.120. The molecular formula is C19H17FN6O2S. The summed E-state index contributed by atoms with van der Waals surface area (Å²) in [6.07, 6.45) is 2.32. The van der Waals surface area contributed by atoms with Crippen molar-refractivity contribution in [2.45, 2.75) is 19.4 Å². The highest BCUT2D eigenvalue weighted by atomic mass is 32.1. The second-order valence-corrected chi connectivity index (χ2v) is 6.87. The Hall–Kier alpha value is -3.40. The molecule has 148 valence electrons. The Kier molecular flexibility index (Phi) is 5.17. The molecule has 0 aliphatic heterocycles. The zero-order valence-electron chi connectivity index (χ0n) is 15.3. The van der Waals surface area contributed by atoms with Gasteiger partial charge in [-0.15, -0.1) is 5.10 Å². The number of aryl methyl sites for hydroxylation is 1. The van der Waals surface area contributed by atoms with E-state index in [-0.39, 0.29) is 29.8 Å². The Balaban J connectivity index is 1.52. The van der Waals surface area contributed by atoms with Crippen LogP contribution in [0.25, 0.3) is 16.7 Å². The highest BCUT2D eigenvalue weighted by Crippen LogP contribution is 2.14. The number of nitrogens with one attached hydrogen (secondary N) is 2. The van der Waals surface area contributed by atoms with Crippen molar-refractivity contribution in [3.8, 4) is 0 Å². The number of carbonyl (C=O) groups excluding carboxylic acids is 1. The molecule has 0 aliphatic carbocycles. The van der Waals surface area contributed by atoms with Gasteiger partial charge >= 0.3 is 0 Å². The molecule has 0 spiro atoms. The van der Waals surface area contributed by atoms with Gasteiger partial charge in [-0.3, -0.25) is 23.5 Å². The molecule has 0 aliphatic rings. The molecule has 10 heteroatoms. The number of aromatic amines is 1. The Labute approximate surface area is 169 Å². The minimum atomic E-state index is -0.503. The number of aromatic nitrogens is 5. The van der Waals surface area contributed by atoms with Gasteiger partial charge in [0, 0.05) is 25.0 Å². The van der Waals surface area contributed by atoms with Gasteiger partial charge in [0.1, 0.15) is 5.82 Å². The van der Waals surface area contributed by atoms with E-state index in [0.717, 1.165) is 0 Å². The Morgan fingerprint density at radius 1 is 1.28 bits per heavy atom. The maximum Gasteiger partial charge on any atom is 0.262 e. The van der Waals surface area contributed by atoms with Gasteiger partial charge in [0.25, 0.3) is 5.56 Å². The third-order valence-corrected chi connectivity index (χ3v) is 4.79. The topological polar surface area (TPSA) is 97.1 Å². The number of rotatable bonds is 6. The smallest absolute Gasteiger partial charge is 0.262 e. The SMILES string of the molecule is O=C(Cc1ccccn1)NCCCn1c(=O)c2cc(F)ccc2n2c(=S)[nH]nc12. The van der Waals surface area contributed by atoms with Crippen LogP contribution in [0.4, 0.5) is 4.39 Å². The summed E-state index contributed by atoms with van der Waals surface area (Å²) in [7, 11) is 0. The van der Waals surface area contributed by atoms with E-state index >= 15 is 0 Å². The highest BCUT2D eigenvalue weighted by Gasteiger charge is 2.14. The second-order valence-electron chi connectivity index (χ2n) is 6.48. The Morgan fingerprint density at radius 2 is 2.14 bits per heavy atom. The molecule has 1 amide bonds. The Bertz CT molecular complexity index is 1310. The molecule has 8 nitrogen and oxygen atoms in total. The van der Waals surface area contributed by atoms with Crippen molar-refractivity contribution in [2.75, 3.05) is 6.54 Å². The summed E-state index contributed by atoms with van der Waals surface area (Å²) >= 11 is 5.25. The van der Waals surface area contributed by atoms with Crippen LogP contribution in [0.3, 0.4) is 0 Å². The zero-order valence-corrected chi connectivity index (χ0v) is 16.1. The fraction of sp³-hybridized carbons (Fsp3) is 0.211. The quantitative estimate of drug-likeness (QED) is 0.373. The first-order valence-corrected chi connectivity index (χ1v) is 9.41. The molecule has 29 heavy (non-hydrogen) atoms. The van der Waals surface area contributed by atoms with Gasteiger partial charge in [-0.2, -0.15) is 0 Å². The van der Waals surface area contributed by atoms with Crippen molar-refractivity contribution in [2.24, 2.45) is 0 Å². The standard InChI is InChI=1S/C19H17FN6O2S/c20-12-5-6-15-14(10-12)17(28)25(18-23-24-19(29)26(15)18)9-3-8-22-16(27)11-13-4-1-2-7-21-13/h1-2,4-7,10H,3,8-9,11H2,(H,22,27)(H,24,29). The van der Waals surface area contributed by atoms with E-state index < -0.39 is 5.82 Å². The number of hydrogen-bond donors (Lipinski definition) is 2. The molecule has 0 atom stereocenters. The number of carbonyl (C=O) groups is 1. The zero-order chi connectivity index (χ0) is 20.4. The maximum atomic E-state index is 13.7. The van der Waals surface area contributed by atoms with Gasteiger partial charge in [0.05, 0.1) is 17.3 Å². The molecule has 4 rings (SSSR count). The lowest BCUT2D eigenvalue weighted by atomic mass is 10.2. The van der Waals surface area contributed by atoms with Crippen LogP contribution >= 0.6 is 12.2 Å². The van der Waals surface area contributed by atoms with E-state index in [9.17, 15) is 14.0 Å². The first-order chi connectivity index (χ1) is 14.0. The minimum Gasteiger partial charge on any atom is -0.356 e. The molecule has 3 heterocycles.